The lowest BCUT2D eigenvalue weighted by Crippen LogP contribution is -2.60. The SMILES string of the molecule is CCC(C)(N)C1(O)CCOCC1. The van der Waals surface area contributed by atoms with E-state index in [-0.39, 0.29) is 0 Å². The number of hydrogen-bond donors (Lipinski definition) is 2. The third kappa shape index (κ3) is 1.63. The molecule has 3 nitrogen and oxygen atoms in total. The second-order valence-electron chi connectivity index (χ2n) is 3.91. The van der Waals surface area contributed by atoms with E-state index in [0.717, 1.165) is 6.42 Å². The largest absolute Gasteiger partial charge is 0.388 e. The van der Waals surface area contributed by atoms with Crippen molar-refractivity contribution in [3.63, 3.8) is 0 Å². The minimum Gasteiger partial charge on any atom is -0.388 e. The van der Waals surface area contributed by atoms with Crippen LogP contribution in [0.3, 0.4) is 0 Å². The molecule has 0 radical (unpaired) electrons. The average molecular weight is 173 g/mol. The van der Waals surface area contributed by atoms with Gasteiger partial charge in [-0.3, -0.25) is 0 Å². The Morgan fingerprint density at radius 1 is 1.50 bits per heavy atom. The van der Waals surface area contributed by atoms with Crippen LogP contribution >= 0.6 is 0 Å². The van der Waals surface area contributed by atoms with E-state index < -0.39 is 11.1 Å². The van der Waals surface area contributed by atoms with Gasteiger partial charge in [-0.25, -0.2) is 0 Å². The van der Waals surface area contributed by atoms with Gasteiger partial charge in [-0.2, -0.15) is 0 Å². The van der Waals surface area contributed by atoms with Crippen LogP contribution in [0.5, 0.6) is 0 Å². The topological polar surface area (TPSA) is 55.5 Å². The van der Waals surface area contributed by atoms with Crippen LogP contribution in [-0.2, 0) is 4.74 Å². The van der Waals surface area contributed by atoms with Gasteiger partial charge in [0.2, 0.25) is 0 Å². The fourth-order valence-electron chi connectivity index (χ4n) is 1.61. The molecule has 0 aromatic heterocycles. The third-order valence-electron chi connectivity index (χ3n) is 3.12. The van der Waals surface area contributed by atoms with Crippen molar-refractivity contribution >= 4 is 0 Å². The van der Waals surface area contributed by atoms with E-state index in [1.54, 1.807) is 0 Å². The van der Waals surface area contributed by atoms with E-state index in [1.165, 1.54) is 0 Å². The molecule has 1 aliphatic rings. The molecule has 72 valence electrons. The lowest BCUT2D eigenvalue weighted by atomic mass is 9.75. The van der Waals surface area contributed by atoms with Crippen molar-refractivity contribution in [1.29, 1.82) is 0 Å². The summed E-state index contributed by atoms with van der Waals surface area (Å²) in [4.78, 5) is 0. The molecular formula is C9H19NO2. The Kier molecular flexibility index (Phi) is 2.76. The first-order valence-corrected chi connectivity index (χ1v) is 4.61. The lowest BCUT2D eigenvalue weighted by molar-refractivity contribution is -0.106. The van der Waals surface area contributed by atoms with Gasteiger partial charge in [0, 0.05) is 31.6 Å². The van der Waals surface area contributed by atoms with Gasteiger partial charge in [-0.05, 0) is 13.3 Å². The monoisotopic (exact) mass is 173 g/mol. The van der Waals surface area contributed by atoms with Gasteiger partial charge >= 0.3 is 0 Å². The van der Waals surface area contributed by atoms with Crippen LogP contribution in [0.1, 0.15) is 33.1 Å². The number of hydrogen-bond acceptors (Lipinski definition) is 3. The van der Waals surface area contributed by atoms with Gasteiger partial charge in [0.15, 0.2) is 0 Å². The molecule has 1 atom stereocenters. The van der Waals surface area contributed by atoms with Crippen LogP contribution in [0.15, 0.2) is 0 Å². The quantitative estimate of drug-likeness (QED) is 0.645. The zero-order valence-electron chi connectivity index (χ0n) is 7.97. The molecule has 1 fully saturated rings. The molecule has 1 saturated heterocycles. The van der Waals surface area contributed by atoms with Crippen LogP contribution < -0.4 is 5.73 Å². The highest BCUT2D eigenvalue weighted by molar-refractivity contribution is 5.00. The molecule has 3 N–H and O–H groups in total. The fraction of sp³-hybridized carbons (Fsp3) is 1.00. The minimum atomic E-state index is -0.722. The van der Waals surface area contributed by atoms with Crippen molar-refractivity contribution in [2.45, 2.75) is 44.2 Å². The molecule has 12 heavy (non-hydrogen) atoms. The summed E-state index contributed by atoms with van der Waals surface area (Å²) in [6, 6.07) is 0. The molecule has 3 heteroatoms. The number of ether oxygens (including phenoxy) is 1. The summed E-state index contributed by atoms with van der Waals surface area (Å²) in [5.74, 6) is 0. The highest BCUT2D eigenvalue weighted by atomic mass is 16.5. The molecule has 0 amide bonds. The molecule has 0 aliphatic carbocycles. The van der Waals surface area contributed by atoms with Crippen molar-refractivity contribution in [3.05, 3.63) is 0 Å². The van der Waals surface area contributed by atoms with Crippen molar-refractivity contribution < 1.29 is 9.84 Å². The molecule has 0 aromatic rings. The Morgan fingerprint density at radius 2 is 2.00 bits per heavy atom. The molecule has 1 rings (SSSR count). The van der Waals surface area contributed by atoms with Gasteiger partial charge < -0.3 is 15.6 Å². The highest BCUT2D eigenvalue weighted by Crippen LogP contribution is 2.32. The van der Waals surface area contributed by atoms with Crippen LogP contribution in [-0.4, -0.2) is 29.5 Å². The van der Waals surface area contributed by atoms with E-state index >= 15 is 0 Å². The summed E-state index contributed by atoms with van der Waals surface area (Å²) in [6.45, 7) is 5.18. The molecule has 1 aliphatic heterocycles. The second kappa shape index (κ2) is 3.32. The molecule has 1 heterocycles. The first-order valence-electron chi connectivity index (χ1n) is 4.61. The minimum absolute atomic E-state index is 0.475. The zero-order valence-corrected chi connectivity index (χ0v) is 7.97. The number of nitrogens with two attached hydrogens (primary N) is 1. The summed E-state index contributed by atoms with van der Waals surface area (Å²) in [5, 5.41) is 10.2. The normalized spacial score (nSPS) is 28.0. The smallest absolute Gasteiger partial charge is 0.0867 e. The second-order valence-corrected chi connectivity index (χ2v) is 3.91. The van der Waals surface area contributed by atoms with E-state index in [4.69, 9.17) is 10.5 Å². The van der Waals surface area contributed by atoms with Gasteiger partial charge in [0.1, 0.15) is 0 Å². The van der Waals surface area contributed by atoms with Crippen LogP contribution in [0.4, 0.5) is 0 Å². The first-order chi connectivity index (χ1) is 5.52. The standard InChI is InChI=1S/C9H19NO2/c1-3-8(2,10)9(11)4-6-12-7-5-9/h11H,3-7,10H2,1-2H3. The van der Waals surface area contributed by atoms with Crippen molar-refractivity contribution in [1.82, 2.24) is 0 Å². The number of rotatable bonds is 2. The predicted octanol–water partition coefficient (Wildman–Crippen LogP) is 0.655. The molecular weight excluding hydrogens is 154 g/mol. The van der Waals surface area contributed by atoms with E-state index in [0.29, 0.717) is 26.1 Å². The van der Waals surface area contributed by atoms with Crippen LogP contribution in [0.2, 0.25) is 0 Å². The zero-order chi connectivity index (χ0) is 9.24. The Labute approximate surface area is 73.9 Å². The first kappa shape index (κ1) is 9.96. The Hall–Kier alpha value is -0.120. The van der Waals surface area contributed by atoms with Gasteiger partial charge in [-0.15, -0.1) is 0 Å². The Morgan fingerprint density at radius 3 is 2.42 bits per heavy atom. The number of aliphatic hydroxyl groups is 1. The maximum absolute atomic E-state index is 10.2. The van der Waals surface area contributed by atoms with Crippen molar-refractivity contribution in [2.24, 2.45) is 5.73 Å². The Balaban J connectivity index is 2.68. The van der Waals surface area contributed by atoms with Gasteiger partial charge in [0.25, 0.3) is 0 Å². The summed E-state index contributed by atoms with van der Waals surface area (Å²) in [7, 11) is 0. The maximum Gasteiger partial charge on any atom is 0.0867 e. The summed E-state index contributed by atoms with van der Waals surface area (Å²) in [5.41, 5.74) is 4.82. The third-order valence-corrected chi connectivity index (χ3v) is 3.12. The van der Waals surface area contributed by atoms with Crippen LogP contribution in [0, 0.1) is 0 Å². The summed E-state index contributed by atoms with van der Waals surface area (Å²) in [6.07, 6.45) is 2.12. The lowest BCUT2D eigenvalue weighted by Gasteiger charge is -2.44. The van der Waals surface area contributed by atoms with E-state index in [9.17, 15) is 5.11 Å². The van der Waals surface area contributed by atoms with E-state index in [2.05, 4.69) is 0 Å². The summed E-state index contributed by atoms with van der Waals surface area (Å²) >= 11 is 0. The molecule has 0 saturated carbocycles. The molecule has 0 bridgehead atoms. The molecule has 0 aromatic carbocycles. The summed E-state index contributed by atoms with van der Waals surface area (Å²) < 4.78 is 5.19. The fourth-order valence-corrected chi connectivity index (χ4v) is 1.61. The van der Waals surface area contributed by atoms with Gasteiger partial charge in [-0.1, -0.05) is 6.92 Å². The Bertz CT molecular complexity index is 151. The van der Waals surface area contributed by atoms with E-state index in [1.807, 2.05) is 13.8 Å². The highest BCUT2D eigenvalue weighted by Gasteiger charge is 2.43. The maximum atomic E-state index is 10.2. The van der Waals surface area contributed by atoms with Crippen molar-refractivity contribution in [3.8, 4) is 0 Å². The molecule has 0 spiro atoms. The van der Waals surface area contributed by atoms with Crippen LogP contribution in [0.25, 0.3) is 0 Å². The molecule has 1 unspecified atom stereocenters. The van der Waals surface area contributed by atoms with Crippen molar-refractivity contribution in [2.75, 3.05) is 13.2 Å². The average Bonchev–Trinajstić information content (AvgIpc) is 2.06. The van der Waals surface area contributed by atoms with Gasteiger partial charge in [0.05, 0.1) is 5.60 Å². The predicted molar refractivity (Wildman–Crippen MR) is 47.9 cm³/mol.